The number of piperazine rings is 1. The van der Waals surface area contributed by atoms with Crippen LogP contribution in [-0.2, 0) is 4.79 Å². The monoisotopic (exact) mass is 504 g/mol. The summed E-state index contributed by atoms with van der Waals surface area (Å²) in [5.74, 6) is 1.19. The highest BCUT2D eigenvalue weighted by Gasteiger charge is 2.51. The lowest BCUT2D eigenvalue weighted by molar-refractivity contribution is -0.119. The summed E-state index contributed by atoms with van der Waals surface area (Å²) >= 11 is 0. The molecule has 9 nitrogen and oxygen atoms in total. The molecule has 2 aromatic carbocycles. The molecule has 2 heterocycles. The molecule has 0 radical (unpaired) electrons. The zero-order chi connectivity index (χ0) is 26.0. The molecule has 2 aromatic rings. The molecule has 0 unspecified atom stereocenters. The van der Waals surface area contributed by atoms with E-state index in [1.54, 1.807) is 29.2 Å². The average molecular weight is 505 g/mol. The molecule has 1 spiro atoms. The second kappa shape index (κ2) is 10.2. The van der Waals surface area contributed by atoms with Gasteiger partial charge in [-0.2, -0.15) is 0 Å². The Morgan fingerprint density at radius 2 is 1.76 bits per heavy atom. The van der Waals surface area contributed by atoms with Gasteiger partial charge >= 0.3 is 0 Å². The predicted octanol–water partition coefficient (Wildman–Crippen LogP) is 2.13. The van der Waals surface area contributed by atoms with Gasteiger partial charge in [-0.25, -0.2) is 0 Å². The van der Waals surface area contributed by atoms with Crippen molar-refractivity contribution < 1.29 is 14.6 Å². The van der Waals surface area contributed by atoms with Gasteiger partial charge in [0.1, 0.15) is 23.4 Å². The number of aromatic hydroxyl groups is 1. The van der Waals surface area contributed by atoms with Gasteiger partial charge in [-0.15, -0.1) is 0 Å². The predicted molar refractivity (Wildman–Crippen MR) is 144 cm³/mol. The Bertz CT molecular complexity index is 1200. The first kappa shape index (κ1) is 24.7. The Morgan fingerprint density at radius 3 is 2.43 bits per heavy atom. The van der Waals surface area contributed by atoms with Crippen molar-refractivity contribution in [3.8, 4) is 11.5 Å². The van der Waals surface area contributed by atoms with Gasteiger partial charge in [0, 0.05) is 68.6 Å². The number of ether oxygens (including phenoxy) is 1. The number of anilines is 1. The first-order valence-corrected chi connectivity index (χ1v) is 12.9. The Hall–Kier alpha value is -4.01. The molecule has 196 valence electrons. The van der Waals surface area contributed by atoms with E-state index >= 15 is 0 Å². The van der Waals surface area contributed by atoms with Gasteiger partial charge in [0.2, 0.25) is 6.41 Å². The number of carbonyl (C=O) groups is 1. The summed E-state index contributed by atoms with van der Waals surface area (Å²) in [5.41, 5.74) is 21.4. The van der Waals surface area contributed by atoms with Crippen LogP contribution in [0, 0.1) is 0 Å². The number of phenols is 1. The fourth-order valence-electron chi connectivity index (χ4n) is 5.47. The number of benzene rings is 2. The first-order chi connectivity index (χ1) is 17.9. The number of nitrogens with zero attached hydrogens (tertiary/aromatic N) is 3. The van der Waals surface area contributed by atoms with Crippen molar-refractivity contribution in [2.75, 3.05) is 37.6 Å². The van der Waals surface area contributed by atoms with Crippen LogP contribution in [0.2, 0.25) is 0 Å². The smallest absolute Gasteiger partial charge is 0.209 e. The fourth-order valence-corrected chi connectivity index (χ4v) is 5.47. The van der Waals surface area contributed by atoms with Crippen LogP contribution in [0.25, 0.3) is 5.70 Å². The highest BCUT2D eigenvalue weighted by molar-refractivity contribution is 5.70. The van der Waals surface area contributed by atoms with Gasteiger partial charge in [0.05, 0.1) is 11.2 Å². The number of allylic oxidation sites excluding steroid dienone is 1. The number of rotatable bonds is 7. The Morgan fingerprint density at radius 1 is 1.00 bits per heavy atom. The maximum atomic E-state index is 11.0. The lowest BCUT2D eigenvalue weighted by atomic mass is 10.1. The molecule has 0 bridgehead atoms. The van der Waals surface area contributed by atoms with Gasteiger partial charge in [-0.3, -0.25) is 4.79 Å². The van der Waals surface area contributed by atoms with Gasteiger partial charge in [0.25, 0.3) is 0 Å². The van der Waals surface area contributed by atoms with Crippen molar-refractivity contribution in [3.05, 3.63) is 71.7 Å². The molecule has 0 aromatic heterocycles. The van der Waals surface area contributed by atoms with Crippen molar-refractivity contribution in [3.63, 3.8) is 0 Å². The van der Waals surface area contributed by atoms with Crippen LogP contribution in [0.3, 0.4) is 0 Å². The number of piperidine rings is 1. The van der Waals surface area contributed by atoms with E-state index in [0.717, 1.165) is 76.3 Å². The van der Waals surface area contributed by atoms with Gasteiger partial charge < -0.3 is 41.7 Å². The van der Waals surface area contributed by atoms with E-state index in [0.29, 0.717) is 17.0 Å². The van der Waals surface area contributed by atoms with Crippen molar-refractivity contribution in [2.24, 2.45) is 17.2 Å². The number of hydrogen-bond donors (Lipinski definition) is 4. The topological polar surface area (TPSA) is 134 Å². The number of para-hydroxylation sites is 1. The molecule has 2 saturated heterocycles. The second-order valence-electron chi connectivity index (χ2n) is 10.2. The van der Waals surface area contributed by atoms with Crippen LogP contribution in [-0.4, -0.2) is 65.7 Å². The van der Waals surface area contributed by atoms with Gasteiger partial charge in [-0.1, -0.05) is 18.2 Å². The zero-order valence-electron chi connectivity index (χ0n) is 21.1. The first-order valence-electron chi connectivity index (χ1n) is 12.9. The zero-order valence-corrected chi connectivity index (χ0v) is 21.1. The molecular formula is C28H36N6O3. The second-order valence-corrected chi connectivity index (χ2v) is 10.2. The van der Waals surface area contributed by atoms with Crippen molar-refractivity contribution in [1.29, 1.82) is 0 Å². The van der Waals surface area contributed by atoms with Crippen LogP contribution in [0.5, 0.6) is 11.5 Å². The Labute approximate surface area is 217 Å². The summed E-state index contributed by atoms with van der Waals surface area (Å²) in [7, 11) is 0. The largest absolute Gasteiger partial charge is 0.507 e. The summed E-state index contributed by atoms with van der Waals surface area (Å²) in [6.45, 7) is 3.79. The minimum atomic E-state index is 0.00433. The molecule has 1 aliphatic carbocycles. The van der Waals surface area contributed by atoms with Crippen LogP contribution < -0.4 is 26.8 Å². The summed E-state index contributed by atoms with van der Waals surface area (Å²) in [5, 5.41) is 10.2. The molecular weight excluding hydrogens is 468 g/mol. The van der Waals surface area contributed by atoms with Crippen LogP contribution in [0.1, 0.15) is 31.2 Å². The number of amides is 1. The van der Waals surface area contributed by atoms with E-state index in [9.17, 15) is 9.90 Å². The maximum Gasteiger partial charge on any atom is 0.209 e. The Balaban J connectivity index is 1.30. The van der Waals surface area contributed by atoms with E-state index in [-0.39, 0.29) is 23.2 Å². The average Bonchev–Trinajstić information content (AvgIpc) is 3.66. The lowest BCUT2D eigenvalue weighted by Gasteiger charge is -2.45. The highest BCUT2D eigenvalue weighted by atomic mass is 16.5. The number of carbonyl (C=O) groups excluding carboxylic acids is 1. The number of likely N-dealkylation sites (tertiary alicyclic amines) is 1. The van der Waals surface area contributed by atoms with E-state index in [4.69, 9.17) is 21.9 Å². The van der Waals surface area contributed by atoms with Crippen LogP contribution in [0.4, 0.5) is 5.69 Å². The molecule has 3 fully saturated rings. The molecule has 1 saturated carbocycles. The lowest BCUT2D eigenvalue weighted by Crippen LogP contribution is -2.55. The number of hydrogen-bond acceptors (Lipinski definition) is 8. The quantitative estimate of drug-likeness (QED) is 0.333. The van der Waals surface area contributed by atoms with Crippen molar-refractivity contribution >= 4 is 17.8 Å². The molecule has 5 rings (SSSR count). The Kier molecular flexibility index (Phi) is 6.78. The third-order valence-corrected chi connectivity index (χ3v) is 7.68. The molecule has 3 aliphatic rings. The SMILES string of the molecule is NC(N)=C(/C=C(\N)c1ccccc1O)N1CCN(c2cccc(OC3CCN(C=O)CC3)c2)C2(CC2)C1. The molecule has 1 amide bonds. The highest BCUT2D eigenvalue weighted by Crippen LogP contribution is 2.47. The third-order valence-electron chi connectivity index (χ3n) is 7.68. The summed E-state index contributed by atoms with van der Waals surface area (Å²) in [6, 6.07) is 15.3. The maximum absolute atomic E-state index is 11.0. The van der Waals surface area contributed by atoms with Crippen molar-refractivity contribution in [1.82, 2.24) is 9.80 Å². The normalized spacial score (nSPS) is 19.6. The third kappa shape index (κ3) is 5.26. The summed E-state index contributed by atoms with van der Waals surface area (Å²) in [4.78, 5) is 17.5. The summed E-state index contributed by atoms with van der Waals surface area (Å²) in [6.07, 6.45) is 6.65. The van der Waals surface area contributed by atoms with E-state index in [2.05, 4.69) is 21.9 Å². The van der Waals surface area contributed by atoms with Gasteiger partial charge in [0.15, 0.2) is 0 Å². The van der Waals surface area contributed by atoms with Gasteiger partial charge in [-0.05, 0) is 43.2 Å². The van der Waals surface area contributed by atoms with Crippen LogP contribution in [0.15, 0.2) is 66.1 Å². The van der Waals surface area contributed by atoms with E-state index in [1.807, 2.05) is 18.2 Å². The molecule has 37 heavy (non-hydrogen) atoms. The molecule has 2 aliphatic heterocycles. The van der Waals surface area contributed by atoms with Crippen LogP contribution >= 0.6 is 0 Å². The molecule has 0 atom stereocenters. The van der Waals surface area contributed by atoms with Crippen molar-refractivity contribution in [2.45, 2.75) is 37.3 Å². The minimum Gasteiger partial charge on any atom is -0.507 e. The number of phenolic OH excluding ortho intramolecular Hbond substituents is 1. The standard InChI is InChI=1S/C28H36N6O3/c29-24(23-6-1-2-7-26(23)36)17-25(27(30)31)33-14-15-34(28(18-33)10-11-28)20-4-3-5-22(16-20)37-21-8-12-32(19-35)13-9-21/h1-7,16-17,19,21,36H,8-15,18,29-31H2/b24-17-. The molecule has 7 N–H and O–H groups in total. The minimum absolute atomic E-state index is 0.00433. The van der Waals surface area contributed by atoms with E-state index < -0.39 is 0 Å². The number of nitrogens with two attached hydrogens (primary N) is 3. The van der Waals surface area contributed by atoms with E-state index in [1.165, 1.54) is 0 Å². The summed E-state index contributed by atoms with van der Waals surface area (Å²) < 4.78 is 6.29. The fraction of sp³-hybridized carbons (Fsp3) is 0.393. The molecule has 9 heteroatoms.